The number of amides is 1. The van der Waals surface area contributed by atoms with Crippen LogP contribution in [0.5, 0.6) is 5.75 Å². The van der Waals surface area contributed by atoms with Crippen molar-refractivity contribution >= 4 is 34.6 Å². The second kappa shape index (κ2) is 7.84. The zero-order valence-electron chi connectivity index (χ0n) is 19.0. The molecule has 11 nitrogen and oxygen atoms in total. The minimum absolute atomic E-state index is 0.0108. The fourth-order valence-corrected chi connectivity index (χ4v) is 5.98. The van der Waals surface area contributed by atoms with Gasteiger partial charge in [0.1, 0.15) is 29.9 Å². The first-order valence-electron chi connectivity index (χ1n) is 11.4. The van der Waals surface area contributed by atoms with E-state index in [0.717, 1.165) is 31.6 Å². The first kappa shape index (κ1) is 22.9. The van der Waals surface area contributed by atoms with Gasteiger partial charge >= 0.3 is 0 Å². The van der Waals surface area contributed by atoms with Crippen molar-refractivity contribution in [3.05, 3.63) is 40.2 Å². The number of hydrogen-bond donors (Lipinski definition) is 6. The van der Waals surface area contributed by atoms with Gasteiger partial charge in [-0.25, -0.2) is 0 Å². The number of hydrogen-bond acceptors (Lipinski definition) is 10. The van der Waals surface area contributed by atoms with Crippen LogP contribution in [0, 0.1) is 17.2 Å². The van der Waals surface area contributed by atoms with Crippen molar-refractivity contribution in [1.82, 2.24) is 0 Å². The number of oxime groups is 1. The molecule has 0 aromatic heterocycles. The Kier molecular flexibility index (Phi) is 5.13. The molecule has 1 aromatic rings. The normalized spacial score (nSPS) is 29.3. The van der Waals surface area contributed by atoms with E-state index < -0.39 is 51.9 Å². The van der Waals surface area contributed by atoms with Gasteiger partial charge in [-0.1, -0.05) is 5.16 Å². The van der Waals surface area contributed by atoms with Gasteiger partial charge in [0, 0.05) is 24.4 Å². The summed E-state index contributed by atoms with van der Waals surface area (Å²) in [6, 6.07) is 3.26. The summed E-state index contributed by atoms with van der Waals surface area (Å²) in [5.74, 6) is -5.46. The number of aliphatic hydroxyl groups is 3. The van der Waals surface area contributed by atoms with E-state index in [0.29, 0.717) is 5.56 Å². The lowest BCUT2D eigenvalue weighted by molar-refractivity contribution is -0.133. The first-order valence-corrected chi connectivity index (χ1v) is 11.4. The van der Waals surface area contributed by atoms with Gasteiger partial charge in [0.2, 0.25) is 5.78 Å². The molecule has 184 valence electrons. The molecule has 1 aliphatic heterocycles. The molecule has 1 amide bonds. The summed E-state index contributed by atoms with van der Waals surface area (Å²) < 4.78 is 0. The number of nitrogens with zero attached hydrogens (tertiary/aromatic N) is 2. The van der Waals surface area contributed by atoms with E-state index in [4.69, 9.17) is 16.0 Å². The topological polar surface area (TPSA) is 190 Å². The van der Waals surface area contributed by atoms with Crippen molar-refractivity contribution in [1.29, 1.82) is 5.41 Å². The number of carbonyl (C=O) groups is 2. The zero-order valence-corrected chi connectivity index (χ0v) is 19.0. The van der Waals surface area contributed by atoms with Gasteiger partial charge < -0.3 is 41.3 Å². The molecular weight excluding hydrogens is 456 g/mol. The Morgan fingerprint density at radius 1 is 1.23 bits per heavy atom. The number of Topliss-reactive ketones (excluding diaryl/α,β-unsaturated/α-hetero) is 1. The van der Waals surface area contributed by atoms with Crippen LogP contribution in [-0.4, -0.2) is 69.3 Å². The van der Waals surface area contributed by atoms with Gasteiger partial charge in [-0.3, -0.25) is 9.59 Å². The van der Waals surface area contributed by atoms with Gasteiger partial charge in [-0.05, 0) is 49.3 Å². The maximum atomic E-state index is 13.8. The molecule has 1 saturated carbocycles. The molecule has 1 heterocycles. The van der Waals surface area contributed by atoms with E-state index in [1.165, 1.54) is 13.2 Å². The third-order valence-electron chi connectivity index (χ3n) is 7.56. The average Bonchev–Trinajstić information content (AvgIpc) is 3.33. The van der Waals surface area contributed by atoms with E-state index >= 15 is 0 Å². The van der Waals surface area contributed by atoms with E-state index in [-0.39, 0.29) is 35.4 Å². The van der Waals surface area contributed by atoms with E-state index in [9.17, 15) is 30.0 Å². The Balaban J connectivity index is 1.71. The Morgan fingerprint density at radius 3 is 2.54 bits per heavy atom. The average molecular weight is 482 g/mol. The van der Waals surface area contributed by atoms with Crippen LogP contribution in [0.1, 0.15) is 30.4 Å². The van der Waals surface area contributed by atoms with Crippen LogP contribution in [0.2, 0.25) is 0 Å². The Bertz CT molecular complexity index is 1270. The number of benzene rings is 1. The van der Waals surface area contributed by atoms with Crippen LogP contribution >= 0.6 is 0 Å². The second-order valence-electron chi connectivity index (χ2n) is 9.32. The van der Waals surface area contributed by atoms with Crippen molar-refractivity contribution in [2.75, 3.05) is 25.1 Å². The first-order chi connectivity index (χ1) is 16.6. The number of nitrogens with one attached hydrogen (secondary N) is 1. The number of rotatable bonds is 3. The summed E-state index contributed by atoms with van der Waals surface area (Å²) in [5.41, 5.74) is 2.35. The third kappa shape index (κ3) is 3.00. The molecule has 2 fully saturated rings. The van der Waals surface area contributed by atoms with Gasteiger partial charge in [-0.2, -0.15) is 0 Å². The third-order valence-corrected chi connectivity index (χ3v) is 7.56. The molecular formula is C24H26N4O7. The highest BCUT2D eigenvalue weighted by Gasteiger charge is 2.62. The number of primary amides is 1. The minimum atomic E-state index is -2.62. The van der Waals surface area contributed by atoms with Crippen molar-refractivity contribution < 1.29 is 34.9 Å². The summed E-state index contributed by atoms with van der Waals surface area (Å²) in [4.78, 5) is 32.8. The van der Waals surface area contributed by atoms with Crippen LogP contribution in [0.25, 0.3) is 5.76 Å². The Morgan fingerprint density at radius 2 is 1.91 bits per heavy atom. The highest BCUT2D eigenvalue weighted by Crippen LogP contribution is 2.52. The second-order valence-corrected chi connectivity index (χ2v) is 9.32. The van der Waals surface area contributed by atoms with Crippen molar-refractivity contribution in [3.63, 3.8) is 0 Å². The quantitative estimate of drug-likeness (QED) is 0.345. The minimum Gasteiger partial charge on any atom is -0.507 e. The van der Waals surface area contributed by atoms with Gasteiger partial charge in [0.15, 0.2) is 11.4 Å². The SMILES string of the molecule is CO/N=C1\C(O)=C(C(N)=O)C(=N)[C@@]2(O)C(=O)C3=C(O)c4c(O)ccc(N5CCCC5)c4C[C@H]3C[C@@H]12. The molecule has 7 N–H and O–H groups in total. The molecule has 0 bridgehead atoms. The van der Waals surface area contributed by atoms with Gasteiger partial charge in [-0.15, -0.1) is 0 Å². The number of carbonyl (C=O) groups excluding carboxylic acids is 2. The summed E-state index contributed by atoms with van der Waals surface area (Å²) in [7, 11) is 1.20. The smallest absolute Gasteiger partial charge is 0.254 e. The van der Waals surface area contributed by atoms with Gasteiger partial charge in [0.25, 0.3) is 5.91 Å². The lowest BCUT2D eigenvalue weighted by atomic mass is 9.57. The highest BCUT2D eigenvalue weighted by molar-refractivity contribution is 6.39. The summed E-state index contributed by atoms with van der Waals surface area (Å²) in [6.45, 7) is 1.66. The fraction of sp³-hybridized carbons (Fsp3) is 0.417. The number of nitrogens with two attached hydrogens (primary N) is 1. The molecule has 5 rings (SSSR count). The predicted octanol–water partition coefficient (Wildman–Crippen LogP) is 1.09. The van der Waals surface area contributed by atoms with Crippen LogP contribution < -0.4 is 10.6 Å². The Labute approximate surface area is 200 Å². The van der Waals surface area contributed by atoms with Crippen molar-refractivity contribution in [2.24, 2.45) is 22.7 Å². The number of aromatic hydroxyl groups is 1. The molecule has 0 spiro atoms. The number of allylic oxidation sites excluding steroid dienone is 1. The monoisotopic (exact) mass is 482 g/mol. The lowest BCUT2D eigenvalue weighted by Gasteiger charge is -2.47. The molecule has 1 saturated heterocycles. The maximum Gasteiger partial charge on any atom is 0.254 e. The number of anilines is 1. The van der Waals surface area contributed by atoms with Crippen molar-refractivity contribution in [3.8, 4) is 5.75 Å². The van der Waals surface area contributed by atoms with E-state index in [2.05, 4.69) is 10.1 Å². The molecule has 3 atom stereocenters. The summed E-state index contributed by atoms with van der Waals surface area (Å²) in [6.07, 6.45) is 2.32. The molecule has 0 radical (unpaired) electrons. The summed E-state index contributed by atoms with van der Waals surface area (Å²) in [5, 5.41) is 56.3. The van der Waals surface area contributed by atoms with E-state index in [1.54, 1.807) is 6.07 Å². The molecule has 4 aliphatic rings. The predicted molar refractivity (Wildman–Crippen MR) is 125 cm³/mol. The zero-order chi connectivity index (χ0) is 25.2. The number of fused-ring (bicyclic) bond motifs is 3. The van der Waals surface area contributed by atoms with Crippen LogP contribution in [0.15, 0.2) is 34.2 Å². The lowest BCUT2D eigenvalue weighted by Crippen LogP contribution is -2.64. The van der Waals surface area contributed by atoms with Gasteiger partial charge in [0.05, 0.1) is 17.2 Å². The molecule has 11 heteroatoms. The number of aliphatic hydroxyl groups excluding tert-OH is 2. The van der Waals surface area contributed by atoms with Crippen LogP contribution in [0.4, 0.5) is 5.69 Å². The highest BCUT2D eigenvalue weighted by atomic mass is 16.6. The van der Waals surface area contributed by atoms with Crippen LogP contribution in [0.3, 0.4) is 0 Å². The molecule has 3 aliphatic carbocycles. The van der Waals surface area contributed by atoms with Crippen molar-refractivity contribution in [2.45, 2.75) is 31.3 Å². The Hall–Kier alpha value is -3.86. The largest absolute Gasteiger partial charge is 0.507 e. The number of phenols is 1. The molecule has 35 heavy (non-hydrogen) atoms. The molecule has 1 aromatic carbocycles. The maximum absolute atomic E-state index is 13.8. The number of phenolic OH excluding ortho intramolecular Hbond substituents is 1. The number of ketones is 1. The standard InChI is InChI=1S/C24H26N4O7/c1-35-27-18-12-9-10-8-11-13(28-6-2-3-7-28)4-5-14(29)16(11)19(30)15(10)22(32)24(12,34)21(25)17(20(18)31)23(26)33/h4-5,10,12,25,29-31,34H,2-3,6-9H2,1H3,(H2,26,33)/b25-21?,27-18-/t10-,12-,24+/m0/s1. The fourth-order valence-electron chi connectivity index (χ4n) is 5.98. The summed E-state index contributed by atoms with van der Waals surface area (Å²) >= 11 is 0. The molecule has 0 unspecified atom stereocenters. The van der Waals surface area contributed by atoms with E-state index in [1.807, 2.05) is 0 Å². The van der Waals surface area contributed by atoms with Crippen LogP contribution in [-0.2, 0) is 20.8 Å².